The largest absolute Gasteiger partial charge is 0.491 e. The highest BCUT2D eigenvalue weighted by Gasteiger charge is 2.36. The van der Waals surface area contributed by atoms with Crippen LogP contribution in [-0.4, -0.2) is 24.0 Å². The molecule has 2 aromatic rings. The average Bonchev–Trinajstić information content (AvgIpc) is 2.64. The molecule has 0 unspecified atom stereocenters. The van der Waals surface area contributed by atoms with E-state index in [0.29, 0.717) is 11.4 Å². The molecule has 2 aromatic carbocycles. The molecule has 0 aliphatic carbocycles. The first kappa shape index (κ1) is 22.3. The second-order valence-electron chi connectivity index (χ2n) is 7.92. The summed E-state index contributed by atoms with van der Waals surface area (Å²) in [5.74, 6) is 0.652. The Morgan fingerprint density at radius 2 is 1.00 bits per heavy atom. The Morgan fingerprint density at radius 1 is 0.690 bits per heavy atom. The van der Waals surface area contributed by atoms with Crippen molar-refractivity contribution < 1.29 is 19.1 Å². The Hall–Kier alpha value is -3.02. The van der Waals surface area contributed by atoms with Gasteiger partial charge in [0.1, 0.15) is 16.9 Å². The topological polar surface area (TPSA) is 76.7 Å². The van der Waals surface area contributed by atoms with Crippen LogP contribution in [0.5, 0.6) is 11.5 Å². The van der Waals surface area contributed by atoms with Crippen molar-refractivity contribution in [1.29, 1.82) is 0 Å². The maximum Gasteiger partial charge on any atom is 0.239 e. The summed E-state index contributed by atoms with van der Waals surface area (Å²) >= 11 is 0. The molecule has 29 heavy (non-hydrogen) atoms. The molecule has 0 radical (unpaired) electrons. The van der Waals surface area contributed by atoms with Gasteiger partial charge in [0.2, 0.25) is 11.8 Å². The van der Waals surface area contributed by atoms with Gasteiger partial charge in [0.15, 0.2) is 0 Å². The van der Waals surface area contributed by atoms with Gasteiger partial charge in [0.25, 0.3) is 0 Å². The number of hydrogen-bond acceptors (Lipinski definition) is 4. The summed E-state index contributed by atoms with van der Waals surface area (Å²) in [6.07, 6.45) is 0.146. The molecule has 6 heteroatoms. The monoisotopic (exact) mass is 398 g/mol. The Bertz CT molecular complexity index is 755. The van der Waals surface area contributed by atoms with Gasteiger partial charge in [-0.1, -0.05) is 0 Å². The zero-order valence-corrected chi connectivity index (χ0v) is 17.9. The second-order valence-corrected chi connectivity index (χ2v) is 7.92. The molecule has 0 saturated heterocycles. The van der Waals surface area contributed by atoms with Gasteiger partial charge in [0, 0.05) is 11.4 Å². The van der Waals surface area contributed by atoms with Crippen molar-refractivity contribution in [3.05, 3.63) is 48.5 Å². The first-order valence-corrected chi connectivity index (χ1v) is 9.74. The van der Waals surface area contributed by atoms with Gasteiger partial charge in [-0.25, -0.2) is 0 Å². The number of nitrogens with one attached hydrogen (secondary N) is 2. The van der Waals surface area contributed by atoms with Crippen LogP contribution in [0.1, 0.15) is 41.5 Å². The number of carbonyl (C=O) groups excluding carboxylic acids is 2. The summed E-state index contributed by atoms with van der Waals surface area (Å²) in [5.41, 5.74) is -0.0652. The van der Waals surface area contributed by atoms with Crippen LogP contribution in [0.25, 0.3) is 0 Å². The summed E-state index contributed by atoms with van der Waals surface area (Å²) in [7, 11) is 0. The Kier molecular flexibility index (Phi) is 7.26. The standard InChI is InChI=1S/C23H30N2O4/c1-15(2)28-19-11-7-17(8-12-19)24-21(26)23(5,6)22(27)25-18-9-13-20(14-10-18)29-16(3)4/h7-16H,1-6H3,(H,24,26)(H,25,27). The fourth-order valence-corrected chi connectivity index (χ4v) is 2.46. The van der Waals surface area contributed by atoms with E-state index in [1.165, 1.54) is 0 Å². The molecule has 2 N–H and O–H groups in total. The molecule has 2 amide bonds. The summed E-state index contributed by atoms with van der Waals surface area (Å²) in [6.45, 7) is 11.0. The van der Waals surface area contributed by atoms with E-state index >= 15 is 0 Å². The predicted molar refractivity (Wildman–Crippen MR) is 115 cm³/mol. The van der Waals surface area contributed by atoms with Crippen LogP contribution in [-0.2, 0) is 9.59 Å². The van der Waals surface area contributed by atoms with Gasteiger partial charge in [0.05, 0.1) is 12.2 Å². The van der Waals surface area contributed by atoms with E-state index in [1.54, 1.807) is 62.4 Å². The lowest BCUT2D eigenvalue weighted by Gasteiger charge is -2.23. The third kappa shape index (κ3) is 6.52. The maximum atomic E-state index is 12.7. The average molecular weight is 399 g/mol. The molecular formula is C23H30N2O4. The molecule has 0 bridgehead atoms. The highest BCUT2D eigenvalue weighted by molar-refractivity contribution is 6.14. The molecule has 2 rings (SSSR count). The smallest absolute Gasteiger partial charge is 0.239 e. The molecule has 0 atom stereocenters. The molecule has 0 fully saturated rings. The Balaban J connectivity index is 1.99. The van der Waals surface area contributed by atoms with E-state index in [1.807, 2.05) is 27.7 Å². The molecule has 6 nitrogen and oxygen atoms in total. The Morgan fingerprint density at radius 3 is 1.28 bits per heavy atom. The maximum absolute atomic E-state index is 12.7. The summed E-state index contributed by atoms with van der Waals surface area (Å²) in [4.78, 5) is 25.4. The van der Waals surface area contributed by atoms with Crippen molar-refractivity contribution in [2.45, 2.75) is 53.8 Å². The van der Waals surface area contributed by atoms with Crippen molar-refractivity contribution >= 4 is 23.2 Å². The normalized spacial score (nSPS) is 11.3. The number of amides is 2. The number of ether oxygens (including phenoxy) is 2. The predicted octanol–water partition coefficient (Wildman–Crippen LogP) is 4.86. The molecule has 0 aliphatic heterocycles. The minimum Gasteiger partial charge on any atom is -0.491 e. The van der Waals surface area contributed by atoms with Crippen molar-refractivity contribution in [2.75, 3.05) is 10.6 Å². The molecule has 0 heterocycles. The fraction of sp³-hybridized carbons (Fsp3) is 0.391. The van der Waals surface area contributed by atoms with Gasteiger partial charge >= 0.3 is 0 Å². The summed E-state index contributed by atoms with van der Waals surface area (Å²) < 4.78 is 11.2. The van der Waals surface area contributed by atoms with Crippen LogP contribution in [0, 0.1) is 5.41 Å². The van der Waals surface area contributed by atoms with Gasteiger partial charge in [-0.2, -0.15) is 0 Å². The van der Waals surface area contributed by atoms with Crippen molar-refractivity contribution in [1.82, 2.24) is 0 Å². The van der Waals surface area contributed by atoms with Crippen LogP contribution >= 0.6 is 0 Å². The van der Waals surface area contributed by atoms with Crippen LogP contribution in [0.15, 0.2) is 48.5 Å². The lowest BCUT2D eigenvalue weighted by atomic mass is 9.90. The van der Waals surface area contributed by atoms with Crippen LogP contribution < -0.4 is 20.1 Å². The molecule has 0 saturated carbocycles. The molecule has 0 spiro atoms. The van der Waals surface area contributed by atoms with Gasteiger partial charge in [-0.05, 0) is 90.1 Å². The van der Waals surface area contributed by atoms with Crippen molar-refractivity contribution in [3.8, 4) is 11.5 Å². The van der Waals surface area contributed by atoms with Crippen molar-refractivity contribution in [3.63, 3.8) is 0 Å². The molecule has 0 aliphatic rings. The summed E-state index contributed by atoms with van der Waals surface area (Å²) in [6, 6.07) is 14.1. The minimum absolute atomic E-state index is 0.0732. The van der Waals surface area contributed by atoms with Crippen molar-refractivity contribution in [2.24, 2.45) is 5.41 Å². The van der Waals surface area contributed by atoms with E-state index in [2.05, 4.69) is 10.6 Å². The molecule has 0 aromatic heterocycles. The first-order chi connectivity index (χ1) is 13.6. The quantitative estimate of drug-likeness (QED) is 0.622. The number of benzene rings is 2. The van der Waals surface area contributed by atoms with Crippen LogP contribution in [0.3, 0.4) is 0 Å². The van der Waals surface area contributed by atoms with E-state index in [9.17, 15) is 9.59 Å². The van der Waals surface area contributed by atoms with E-state index in [4.69, 9.17) is 9.47 Å². The summed E-state index contributed by atoms with van der Waals surface area (Å²) in [5, 5.41) is 5.57. The lowest BCUT2D eigenvalue weighted by molar-refractivity contribution is -0.135. The van der Waals surface area contributed by atoms with E-state index in [0.717, 1.165) is 11.5 Å². The SMILES string of the molecule is CC(C)Oc1ccc(NC(=O)C(C)(C)C(=O)Nc2ccc(OC(C)C)cc2)cc1. The highest BCUT2D eigenvalue weighted by atomic mass is 16.5. The van der Waals surface area contributed by atoms with E-state index in [-0.39, 0.29) is 12.2 Å². The third-order valence-corrected chi connectivity index (χ3v) is 4.10. The Labute approximate surface area is 172 Å². The van der Waals surface area contributed by atoms with Crippen LogP contribution in [0.2, 0.25) is 0 Å². The van der Waals surface area contributed by atoms with Gasteiger partial charge in [-0.3, -0.25) is 9.59 Å². The lowest BCUT2D eigenvalue weighted by Crippen LogP contribution is -2.41. The second kappa shape index (κ2) is 9.45. The molecular weight excluding hydrogens is 368 g/mol. The van der Waals surface area contributed by atoms with E-state index < -0.39 is 17.2 Å². The third-order valence-electron chi connectivity index (χ3n) is 4.10. The fourth-order valence-electron chi connectivity index (χ4n) is 2.46. The number of rotatable bonds is 8. The zero-order chi connectivity index (χ0) is 21.6. The zero-order valence-electron chi connectivity index (χ0n) is 17.9. The minimum atomic E-state index is -1.26. The molecule has 156 valence electrons. The first-order valence-electron chi connectivity index (χ1n) is 9.74. The number of anilines is 2. The highest BCUT2D eigenvalue weighted by Crippen LogP contribution is 2.24. The van der Waals surface area contributed by atoms with Gasteiger partial charge in [-0.15, -0.1) is 0 Å². The van der Waals surface area contributed by atoms with Crippen LogP contribution in [0.4, 0.5) is 11.4 Å². The number of carbonyl (C=O) groups is 2. The number of hydrogen-bond donors (Lipinski definition) is 2. The van der Waals surface area contributed by atoms with Gasteiger partial charge < -0.3 is 20.1 Å².